The number of nitrogens with one attached hydrogen (secondary N) is 2. The fourth-order valence-electron chi connectivity index (χ4n) is 4.07. The third kappa shape index (κ3) is 3.42. The lowest BCUT2D eigenvalue weighted by Gasteiger charge is -2.44. The van der Waals surface area contributed by atoms with Crippen LogP contribution in [0.4, 0.5) is 11.4 Å². The first-order valence-corrected chi connectivity index (χ1v) is 10.2. The van der Waals surface area contributed by atoms with Gasteiger partial charge in [-0.15, -0.1) is 0 Å². The molecule has 0 unspecified atom stereocenters. The minimum absolute atomic E-state index is 0.114. The zero-order valence-corrected chi connectivity index (χ0v) is 17.3. The van der Waals surface area contributed by atoms with Gasteiger partial charge in [0.15, 0.2) is 5.11 Å². The summed E-state index contributed by atoms with van der Waals surface area (Å²) >= 11 is 11.7. The molecule has 146 valence electrons. The number of thiocarbonyl (C=S) groups is 1. The number of anilines is 2. The average molecular weight is 415 g/mol. The van der Waals surface area contributed by atoms with E-state index in [-0.39, 0.29) is 5.91 Å². The molecule has 0 atom stereocenters. The van der Waals surface area contributed by atoms with Gasteiger partial charge in [-0.3, -0.25) is 4.79 Å². The van der Waals surface area contributed by atoms with Crippen molar-refractivity contribution in [3.63, 3.8) is 0 Å². The molecule has 2 heterocycles. The van der Waals surface area contributed by atoms with Crippen molar-refractivity contribution in [3.8, 4) is 0 Å². The smallest absolute Gasteiger partial charge is 0.247 e. The number of para-hydroxylation sites is 1. The molecule has 1 spiro atoms. The van der Waals surface area contributed by atoms with Gasteiger partial charge in [0.25, 0.3) is 0 Å². The van der Waals surface area contributed by atoms with E-state index in [0.717, 1.165) is 42.9 Å². The second-order valence-corrected chi connectivity index (χ2v) is 8.16. The van der Waals surface area contributed by atoms with Gasteiger partial charge in [-0.25, -0.2) is 0 Å². The van der Waals surface area contributed by atoms with E-state index in [1.54, 1.807) is 0 Å². The summed E-state index contributed by atoms with van der Waals surface area (Å²) in [5, 5.41) is 7.75. The van der Waals surface area contributed by atoms with Crippen molar-refractivity contribution in [3.05, 3.63) is 59.1 Å². The summed E-state index contributed by atoms with van der Waals surface area (Å²) in [6.45, 7) is 4.02. The molecule has 2 aromatic rings. The van der Waals surface area contributed by atoms with Crippen molar-refractivity contribution < 1.29 is 4.79 Å². The third-order valence-corrected chi connectivity index (χ3v) is 6.31. The molecule has 2 fully saturated rings. The van der Waals surface area contributed by atoms with Gasteiger partial charge < -0.3 is 20.4 Å². The molecule has 5 nitrogen and oxygen atoms in total. The van der Waals surface area contributed by atoms with Crippen LogP contribution < -0.4 is 15.5 Å². The maximum atomic E-state index is 12.7. The second-order valence-electron chi connectivity index (χ2n) is 7.34. The van der Waals surface area contributed by atoms with E-state index in [4.69, 9.17) is 23.8 Å². The predicted molar refractivity (Wildman–Crippen MR) is 118 cm³/mol. The number of hydrogen-bond donors (Lipinski definition) is 2. The van der Waals surface area contributed by atoms with Crippen LogP contribution in [0.5, 0.6) is 0 Å². The topological polar surface area (TPSA) is 47.6 Å². The number of amides is 1. The summed E-state index contributed by atoms with van der Waals surface area (Å²) in [7, 11) is 0. The lowest BCUT2D eigenvalue weighted by atomic mass is 9.86. The number of halogens is 1. The molecule has 1 amide bonds. The minimum Gasteiger partial charge on any atom is -0.349 e. The quantitative estimate of drug-likeness (QED) is 0.732. The van der Waals surface area contributed by atoms with Crippen LogP contribution in [0.15, 0.2) is 48.5 Å². The molecule has 2 aromatic carbocycles. The van der Waals surface area contributed by atoms with Crippen LogP contribution in [0, 0.1) is 6.92 Å². The summed E-state index contributed by atoms with van der Waals surface area (Å²) in [6.07, 6.45) is 1.46. The van der Waals surface area contributed by atoms with Crippen molar-refractivity contribution in [2.45, 2.75) is 25.3 Å². The first kappa shape index (κ1) is 19.0. The molecule has 0 saturated carbocycles. The molecule has 0 bridgehead atoms. The van der Waals surface area contributed by atoms with Crippen molar-refractivity contribution in [1.82, 2.24) is 10.2 Å². The van der Waals surface area contributed by atoms with Gasteiger partial charge in [-0.2, -0.15) is 0 Å². The first-order chi connectivity index (χ1) is 13.5. The van der Waals surface area contributed by atoms with Gasteiger partial charge in [-0.05, 0) is 67.9 Å². The van der Waals surface area contributed by atoms with Crippen LogP contribution in [0.3, 0.4) is 0 Å². The normalized spacial score (nSPS) is 18.3. The van der Waals surface area contributed by atoms with Gasteiger partial charge >= 0.3 is 0 Å². The maximum Gasteiger partial charge on any atom is 0.247 e. The lowest BCUT2D eigenvalue weighted by molar-refractivity contribution is -0.124. The monoisotopic (exact) mass is 414 g/mol. The van der Waals surface area contributed by atoms with E-state index >= 15 is 0 Å². The predicted octanol–water partition coefficient (Wildman–Crippen LogP) is 3.77. The fraction of sp³-hybridized carbons (Fsp3) is 0.333. The van der Waals surface area contributed by atoms with Crippen LogP contribution in [-0.4, -0.2) is 41.2 Å². The molecule has 28 heavy (non-hydrogen) atoms. The number of carbonyl (C=O) groups is 1. The van der Waals surface area contributed by atoms with E-state index in [9.17, 15) is 4.79 Å². The van der Waals surface area contributed by atoms with Gasteiger partial charge in [0, 0.05) is 29.5 Å². The summed E-state index contributed by atoms with van der Waals surface area (Å²) in [6, 6.07) is 15.8. The molecule has 2 aliphatic heterocycles. The van der Waals surface area contributed by atoms with Crippen molar-refractivity contribution in [2.75, 3.05) is 30.0 Å². The van der Waals surface area contributed by atoms with E-state index < -0.39 is 5.54 Å². The Morgan fingerprint density at radius 3 is 2.57 bits per heavy atom. The number of benzene rings is 2. The molecule has 2 saturated heterocycles. The van der Waals surface area contributed by atoms with Crippen molar-refractivity contribution >= 4 is 46.2 Å². The van der Waals surface area contributed by atoms with Gasteiger partial charge in [0.2, 0.25) is 5.91 Å². The number of carbonyl (C=O) groups excluding carboxylic acids is 1. The van der Waals surface area contributed by atoms with E-state index in [1.165, 1.54) is 0 Å². The largest absolute Gasteiger partial charge is 0.349 e. The Bertz CT molecular complexity index is 897. The van der Waals surface area contributed by atoms with Gasteiger partial charge in [0.1, 0.15) is 5.54 Å². The summed E-state index contributed by atoms with van der Waals surface area (Å²) in [5.74, 6) is 0.114. The summed E-state index contributed by atoms with van der Waals surface area (Å²) in [4.78, 5) is 17.1. The van der Waals surface area contributed by atoms with Crippen molar-refractivity contribution in [1.29, 1.82) is 0 Å². The molecule has 0 aromatic heterocycles. The summed E-state index contributed by atoms with van der Waals surface area (Å²) in [5.41, 5.74) is 2.59. The Morgan fingerprint density at radius 2 is 1.89 bits per heavy atom. The number of likely N-dealkylation sites (tertiary alicyclic amines) is 1. The molecular formula is C21H23ClN4OS. The number of hydrogen-bond acceptors (Lipinski definition) is 3. The van der Waals surface area contributed by atoms with Crippen LogP contribution in [-0.2, 0) is 4.79 Å². The van der Waals surface area contributed by atoms with E-state index in [1.807, 2.05) is 43.3 Å². The lowest BCUT2D eigenvalue weighted by Crippen LogP contribution is -2.57. The van der Waals surface area contributed by atoms with Crippen LogP contribution in [0.25, 0.3) is 0 Å². The molecule has 2 N–H and O–H groups in total. The zero-order valence-electron chi connectivity index (χ0n) is 15.7. The van der Waals surface area contributed by atoms with E-state index in [2.05, 4.69) is 32.6 Å². The third-order valence-electron chi connectivity index (χ3n) is 5.71. The molecule has 0 radical (unpaired) electrons. The average Bonchev–Trinajstić information content (AvgIpc) is 3.01. The highest BCUT2D eigenvalue weighted by atomic mass is 35.5. The number of piperidine rings is 1. The highest BCUT2D eigenvalue weighted by Crippen LogP contribution is 2.36. The highest BCUT2D eigenvalue weighted by molar-refractivity contribution is 7.80. The first-order valence-electron chi connectivity index (χ1n) is 9.43. The molecule has 0 aliphatic carbocycles. The molecule has 4 rings (SSSR count). The van der Waals surface area contributed by atoms with Gasteiger partial charge in [-0.1, -0.05) is 29.8 Å². The number of aryl methyl sites for hydroxylation is 1. The summed E-state index contributed by atoms with van der Waals surface area (Å²) < 4.78 is 0. The Morgan fingerprint density at radius 1 is 1.18 bits per heavy atom. The van der Waals surface area contributed by atoms with Gasteiger partial charge in [0.05, 0.1) is 6.67 Å². The minimum atomic E-state index is -0.496. The maximum absolute atomic E-state index is 12.7. The zero-order chi connectivity index (χ0) is 19.7. The standard InChI is InChI=1S/C21H23ClN4OS/c1-15-13-16(22)7-8-18(15)24-20(28)25-11-9-21(10-12-25)19(27)23-14-26(21)17-5-3-2-4-6-17/h2-8,13H,9-12,14H2,1H3,(H,23,27)(H,24,28). The Balaban J connectivity index is 1.46. The second kappa shape index (κ2) is 7.60. The number of rotatable bonds is 2. The van der Waals surface area contributed by atoms with Crippen LogP contribution in [0.1, 0.15) is 18.4 Å². The molecule has 2 aliphatic rings. The molecular weight excluding hydrogens is 392 g/mol. The SMILES string of the molecule is Cc1cc(Cl)ccc1NC(=S)N1CCC2(CC1)C(=O)NCN2c1ccccc1. The Hall–Kier alpha value is -2.31. The highest BCUT2D eigenvalue weighted by Gasteiger charge is 2.50. The van der Waals surface area contributed by atoms with Crippen LogP contribution >= 0.6 is 23.8 Å². The van der Waals surface area contributed by atoms with Crippen LogP contribution in [0.2, 0.25) is 5.02 Å². The number of nitrogens with zero attached hydrogens (tertiary/aromatic N) is 2. The van der Waals surface area contributed by atoms with Crippen molar-refractivity contribution in [2.24, 2.45) is 0 Å². The van der Waals surface area contributed by atoms with E-state index in [0.29, 0.717) is 16.8 Å². The molecule has 7 heteroatoms. The fourth-order valence-corrected chi connectivity index (χ4v) is 4.59. The Kier molecular flexibility index (Phi) is 5.17. The Labute approximate surface area is 175 Å².